The highest BCUT2D eigenvalue weighted by Gasteiger charge is 2.30. The smallest absolute Gasteiger partial charge is 0.245 e. The molecule has 3 N–H and O–H groups in total. The highest BCUT2D eigenvalue weighted by atomic mass is 79.9. The van der Waals surface area contributed by atoms with E-state index in [1.807, 2.05) is 0 Å². The molecule has 2 rings (SSSR count). The van der Waals surface area contributed by atoms with E-state index in [2.05, 4.69) is 15.9 Å². The molecule has 0 aliphatic carbocycles. The Morgan fingerprint density at radius 3 is 2.58 bits per heavy atom. The van der Waals surface area contributed by atoms with E-state index >= 15 is 0 Å². The topological polar surface area (TPSA) is 83.6 Å². The Kier molecular flexibility index (Phi) is 4.50. The summed E-state index contributed by atoms with van der Waals surface area (Å²) in [6.45, 7) is 0.978. The zero-order valence-corrected chi connectivity index (χ0v) is 12.8. The maximum atomic E-state index is 12.5. The average Bonchev–Trinajstić information content (AvgIpc) is 2.41. The largest absolute Gasteiger partial charge is 0.398 e. The van der Waals surface area contributed by atoms with Gasteiger partial charge in [0.05, 0.1) is 5.69 Å². The van der Waals surface area contributed by atoms with Crippen molar-refractivity contribution in [2.45, 2.75) is 17.7 Å². The van der Waals surface area contributed by atoms with E-state index in [1.165, 1.54) is 10.4 Å². The van der Waals surface area contributed by atoms with Gasteiger partial charge in [0.25, 0.3) is 0 Å². The number of anilines is 1. The molecule has 0 bridgehead atoms. The fourth-order valence-corrected chi connectivity index (χ4v) is 4.33. The van der Waals surface area contributed by atoms with E-state index in [0.29, 0.717) is 30.4 Å². The number of rotatable bonds is 3. The molecule has 1 aromatic rings. The summed E-state index contributed by atoms with van der Waals surface area (Å²) in [7, 11) is -3.55. The van der Waals surface area contributed by atoms with Crippen molar-refractivity contribution >= 4 is 31.6 Å². The summed E-state index contributed by atoms with van der Waals surface area (Å²) in [5.41, 5.74) is 6.03. The van der Waals surface area contributed by atoms with Gasteiger partial charge in [-0.2, -0.15) is 4.31 Å². The van der Waals surface area contributed by atoms with Crippen LogP contribution in [0.25, 0.3) is 0 Å². The number of nitrogen functional groups attached to an aromatic ring is 1. The second-order valence-electron chi connectivity index (χ2n) is 4.71. The average molecular weight is 349 g/mol. The molecule has 0 unspecified atom stereocenters. The van der Waals surface area contributed by atoms with Crippen molar-refractivity contribution in [1.82, 2.24) is 4.31 Å². The van der Waals surface area contributed by atoms with Crippen LogP contribution in [0.4, 0.5) is 5.69 Å². The van der Waals surface area contributed by atoms with Crippen LogP contribution < -0.4 is 5.73 Å². The maximum absolute atomic E-state index is 12.5. The van der Waals surface area contributed by atoms with Crippen LogP contribution in [0.5, 0.6) is 0 Å². The standard InChI is InChI=1S/C12H17BrN2O3S/c13-10-1-2-11(14)12(7-10)19(17,18)15-5-3-9(8-16)4-6-15/h1-2,7,9,16H,3-6,8,14H2. The number of hydrogen-bond acceptors (Lipinski definition) is 4. The zero-order chi connectivity index (χ0) is 14.0. The van der Waals surface area contributed by atoms with Gasteiger partial charge in [0.1, 0.15) is 4.90 Å². The van der Waals surface area contributed by atoms with Crippen LogP contribution in [-0.2, 0) is 10.0 Å². The van der Waals surface area contributed by atoms with Gasteiger partial charge in [-0.1, -0.05) is 15.9 Å². The van der Waals surface area contributed by atoms with Crippen LogP contribution in [0, 0.1) is 5.92 Å². The molecule has 1 saturated heterocycles. The Morgan fingerprint density at radius 2 is 2.00 bits per heavy atom. The van der Waals surface area contributed by atoms with E-state index < -0.39 is 10.0 Å². The van der Waals surface area contributed by atoms with Crippen LogP contribution in [0.15, 0.2) is 27.6 Å². The number of nitrogens with two attached hydrogens (primary N) is 1. The third-order valence-corrected chi connectivity index (χ3v) is 5.87. The summed E-state index contributed by atoms with van der Waals surface area (Å²) in [5, 5.41) is 9.08. The van der Waals surface area contributed by atoms with Gasteiger partial charge in [0, 0.05) is 24.2 Å². The first kappa shape index (κ1) is 14.8. The van der Waals surface area contributed by atoms with E-state index in [4.69, 9.17) is 10.8 Å². The summed E-state index contributed by atoms with van der Waals surface area (Å²) < 4.78 is 27.2. The minimum absolute atomic E-state index is 0.118. The molecule has 19 heavy (non-hydrogen) atoms. The number of aliphatic hydroxyl groups is 1. The monoisotopic (exact) mass is 348 g/mol. The molecule has 0 amide bonds. The van der Waals surface area contributed by atoms with Gasteiger partial charge in [-0.05, 0) is 37.0 Å². The lowest BCUT2D eigenvalue weighted by Gasteiger charge is -2.30. The van der Waals surface area contributed by atoms with Crippen molar-refractivity contribution in [2.24, 2.45) is 5.92 Å². The molecule has 1 heterocycles. The van der Waals surface area contributed by atoms with Crippen molar-refractivity contribution in [3.8, 4) is 0 Å². The SMILES string of the molecule is Nc1ccc(Br)cc1S(=O)(=O)N1CCC(CO)CC1. The van der Waals surface area contributed by atoms with Crippen molar-refractivity contribution in [1.29, 1.82) is 0 Å². The van der Waals surface area contributed by atoms with Crippen LogP contribution in [0.3, 0.4) is 0 Å². The fourth-order valence-electron chi connectivity index (χ4n) is 2.20. The lowest BCUT2D eigenvalue weighted by molar-refractivity contribution is 0.170. The number of hydrogen-bond donors (Lipinski definition) is 2. The second kappa shape index (κ2) is 5.78. The molecule has 0 atom stereocenters. The Hall–Kier alpha value is -0.630. The van der Waals surface area contributed by atoms with Gasteiger partial charge in [-0.15, -0.1) is 0 Å². The van der Waals surface area contributed by atoms with Crippen molar-refractivity contribution in [3.05, 3.63) is 22.7 Å². The highest BCUT2D eigenvalue weighted by Crippen LogP contribution is 2.28. The van der Waals surface area contributed by atoms with Gasteiger partial charge in [-0.3, -0.25) is 0 Å². The Balaban J connectivity index is 2.26. The lowest BCUT2D eigenvalue weighted by atomic mass is 10.00. The van der Waals surface area contributed by atoms with Gasteiger partial charge < -0.3 is 10.8 Å². The van der Waals surface area contributed by atoms with Gasteiger partial charge >= 0.3 is 0 Å². The first-order valence-corrected chi connectivity index (χ1v) is 8.34. The molecule has 106 valence electrons. The molecule has 0 spiro atoms. The minimum Gasteiger partial charge on any atom is -0.398 e. The maximum Gasteiger partial charge on any atom is 0.245 e. The Bertz CT molecular complexity index is 554. The molecule has 1 aliphatic heterocycles. The third kappa shape index (κ3) is 3.10. The molecule has 1 fully saturated rings. The molecule has 7 heteroatoms. The van der Waals surface area contributed by atoms with Crippen LogP contribution >= 0.6 is 15.9 Å². The number of piperidine rings is 1. The number of sulfonamides is 1. The molecule has 5 nitrogen and oxygen atoms in total. The first-order valence-electron chi connectivity index (χ1n) is 6.11. The summed E-state index contributed by atoms with van der Waals surface area (Å²) in [6.07, 6.45) is 1.37. The van der Waals surface area contributed by atoms with E-state index in [9.17, 15) is 8.42 Å². The molecular weight excluding hydrogens is 332 g/mol. The normalized spacial score (nSPS) is 18.6. The number of nitrogens with zero attached hydrogens (tertiary/aromatic N) is 1. The van der Waals surface area contributed by atoms with Crippen LogP contribution in [0.1, 0.15) is 12.8 Å². The first-order chi connectivity index (χ1) is 8.95. The predicted molar refractivity (Wildman–Crippen MR) is 77.1 cm³/mol. The van der Waals surface area contributed by atoms with Crippen molar-refractivity contribution in [3.63, 3.8) is 0 Å². The fraction of sp³-hybridized carbons (Fsp3) is 0.500. The predicted octanol–water partition coefficient (Wildman–Crippen LogP) is 1.42. The Labute approximate surface area is 121 Å². The van der Waals surface area contributed by atoms with E-state index in [1.54, 1.807) is 12.1 Å². The molecule has 0 radical (unpaired) electrons. The van der Waals surface area contributed by atoms with Crippen LogP contribution in [-0.4, -0.2) is 37.5 Å². The third-order valence-electron chi connectivity index (χ3n) is 3.43. The van der Waals surface area contributed by atoms with Gasteiger partial charge in [-0.25, -0.2) is 8.42 Å². The summed E-state index contributed by atoms with van der Waals surface area (Å²) in [5.74, 6) is 0.200. The number of benzene rings is 1. The molecule has 0 saturated carbocycles. The summed E-state index contributed by atoms with van der Waals surface area (Å²) >= 11 is 3.26. The summed E-state index contributed by atoms with van der Waals surface area (Å²) in [6, 6.07) is 4.83. The lowest BCUT2D eigenvalue weighted by Crippen LogP contribution is -2.39. The number of halogens is 1. The molecular formula is C12H17BrN2O3S. The zero-order valence-electron chi connectivity index (χ0n) is 10.4. The quantitative estimate of drug-likeness (QED) is 0.809. The van der Waals surface area contributed by atoms with E-state index in [-0.39, 0.29) is 23.1 Å². The van der Waals surface area contributed by atoms with Gasteiger partial charge in [0.15, 0.2) is 0 Å². The molecule has 0 aromatic heterocycles. The molecule has 1 aliphatic rings. The van der Waals surface area contributed by atoms with Crippen molar-refractivity contribution in [2.75, 3.05) is 25.4 Å². The minimum atomic E-state index is -3.55. The van der Waals surface area contributed by atoms with Crippen molar-refractivity contribution < 1.29 is 13.5 Å². The second-order valence-corrected chi connectivity index (χ2v) is 7.53. The Morgan fingerprint density at radius 1 is 1.37 bits per heavy atom. The molecule has 1 aromatic carbocycles. The number of aliphatic hydroxyl groups excluding tert-OH is 1. The highest BCUT2D eigenvalue weighted by molar-refractivity contribution is 9.10. The van der Waals surface area contributed by atoms with Crippen LogP contribution in [0.2, 0.25) is 0 Å². The summed E-state index contributed by atoms with van der Waals surface area (Å²) in [4.78, 5) is 0.143. The van der Waals surface area contributed by atoms with Gasteiger partial charge in [0.2, 0.25) is 10.0 Å². The van der Waals surface area contributed by atoms with E-state index in [0.717, 1.165) is 0 Å².